The number of fused-ring (bicyclic) bond motifs is 13. The van der Waals surface area contributed by atoms with Crippen molar-refractivity contribution in [2.24, 2.45) is 0 Å². The summed E-state index contributed by atoms with van der Waals surface area (Å²) in [7, 11) is 0. The molecule has 0 atom stereocenters. The Balaban J connectivity index is 1.13. The van der Waals surface area contributed by atoms with Gasteiger partial charge in [0.05, 0.1) is 22.5 Å². The van der Waals surface area contributed by atoms with Gasteiger partial charge in [-0.1, -0.05) is 237 Å². The minimum absolute atomic E-state index is 0.519. The molecule has 322 valence electrons. The molecule has 0 bridgehead atoms. The van der Waals surface area contributed by atoms with Gasteiger partial charge in [-0.2, -0.15) is 0 Å². The van der Waals surface area contributed by atoms with Gasteiger partial charge >= 0.3 is 0 Å². The molecule has 2 heteroatoms. The Morgan fingerprint density at radius 3 is 1.41 bits per heavy atom. The second-order valence-electron chi connectivity index (χ2n) is 18.2. The van der Waals surface area contributed by atoms with Crippen LogP contribution in [0, 0.1) is 0 Å². The molecule has 0 aliphatic heterocycles. The topological polar surface area (TPSA) is 16.4 Å². The number of hydrogen-bond acceptors (Lipinski definition) is 2. The maximum Gasteiger partial charge on any atom is 0.143 e. The number of benzene rings is 11. The Labute approximate surface area is 401 Å². The van der Waals surface area contributed by atoms with Gasteiger partial charge < -0.3 is 9.32 Å². The lowest BCUT2D eigenvalue weighted by molar-refractivity contribution is 0.670. The molecule has 69 heavy (non-hydrogen) atoms. The summed E-state index contributed by atoms with van der Waals surface area (Å²) in [4.78, 5) is 2.57. The third kappa shape index (κ3) is 5.73. The number of rotatable bonds is 7. The van der Waals surface area contributed by atoms with Crippen LogP contribution in [0.2, 0.25) is 0 Å². The minimum Gasteiger partial charge on any atom is -0.455 e. The highest BCUT2D eigenvalue weighted by atomic mass is 16.3. The van der Waals surface area contributed by atoms with E-state index in [1.165, 1.54) is 55.6 Å². The van der Waals surface area contributed by atoms with Gasteiger partial charge in [-0.05, 0) is 91.0 Å². The molecule has 0 fully saturated rings. The number of anilines is 3. The first-order valence-corrected chi connectivity index (χ1v) is 23.8. The highest BCUT2D eigenvalue weighted by Gasteiger charge is 2.52. The van der Waals surface area contributed by atoms with Crippen molar-refractivity contribution in [3.05, 3.63) is 283 Å². The molecule has 11 aromatic carbocycles. The Bertz CT molecular complexity index is 3930. The summed E-state index contributed by atoms with van der Waals surface area (Å²) in [6.45, 7) is 0. The van der Waals surface area contributed by atoms with Crippen LogP contribution in [0.25, 0.3) is 88.7 Å². The monoisotopic (exact) mass is 877 g/mol. The standard InChI is InChI=1S/C67H43NO/c1-3-22-44(23-4-1)46-26-7-8-31-52(46)64-47(45-24-5-2-6-25-45)33-20-41-61(64)68(60-40-17-12-29-50(60)53-34-19-35-54-51-30-13-18-43-63(51)69-66(53)54)62-42-21-39-59-65(62)55-32-11-16-38-58(55)67(59)56-36-14-9-27-48(56)49-28-10-15-37-57(49)67/h1-43H. The van der Waals surface area contributed by atoms with Gasteiger partial charge in [-0.15, -0.1) is 0 Å². The quantitative estimate of drug-likeness (QED) is 0.159. The van der Waals surface area contributed by atoms with Crippen LogP contribution in [-0.2, 0) is 5.41 Å². The predicted molar refractivity (Wildman–Crippen MR) is 286 cm³/mol. The summed E-state index contributed by atoms with van der Waals surface area (Å²) >= 11 is 0. The highest BCUT2D eigenvalue weighted by molar-refractivity contribution is 6.12. The number of furan rings is 1. The molecular weight excluding hydrogens is 835 g/mol. The Morgan fingerprint density at radius 1 is 0.261 bits per heavy atom. The molecule has 2 nitrogen and oxygen atoms in total. The first-order chi connectivity index (χ1) is 34.3. The van der Waals surface area contributed by atoms with Crippen LogP contribution >= 0.6 is 0 Å². The molecular formula is C67H43NO. The van der Waals surface area contributed by atoms with E-state index < -0.39 is 5.41 Å². The molecule has 1 aromatic heterocycles. The summed E-state index contributed by atoms with van der Waals surface area (Å²) in [5.41, 5.74) is 23.8. The second kappa shape index (κ2) is 15.6. The van der Waals surface area contributed by atoms with Crippen LogP contribution in [0.5, 0.6) is 0 Å². The van der Waals surface area contributed by atoms with Gasteiger partial charge in [0.25, 0.3) is 0 Å². The zero-order chi connectivity index (χ0) is 45.5. The number of nitrogens with zero attached hydrogens (tertiary/aromatic N) is 1. The molecule has 0 N–H and O–H groups in total. The molecule has 2 aliphatic rings. The van der Waals surface area contributed by atoms with Crippen LogP contribution in [0.4, 0.5) is 17.1 Å². The average molecular weight is 878 g/mol. The van der Waals surface area contributed by atoms with Crippen molar-refractivity contribution >= 4 is 39.0 Å². The van der Waals surface area contributed by atoms with E-state index in [-0.39, 0.29) is 0 Å². The van der Waals surface area contributed by atoms with Crippen molar-refractivity contribution in [1.82, 2.24) is 0 Å². The fourth-order valence-corrected chi connectivity index (χ4v) is 12.0. The lowest BCUT2D eigenvalue weighted by Crippen LogP contribution is -2.26. The van der Waals surface area contributed by atoms with Gasteiger partial charge in [0.2, 0.25) is 0 Å². The zero-order valence-electron chi connectivity index (χ0n) is 37.7. The van der Waals surface area contributed by atoms with Gasteiger partial charge in [0.15, 0.2) is 0 Å². The average Bonchev–Trinajstić information content (AvgIpc) is 4.06. The van der Waals surface area contributed by atoms with Gasteiger partial charge in [0, 0.05) is 33.0 Å². The zero-order valence-corrected chi connectivity index (χ0v) is 37.7. The lowest BCUT2D eigenvalue weighted by Gasteiger charge is -2.34. The normalized spacial score (nSPS) is 12.8. The molecule has 14 rings (SSSR count). The molecule has 0 saturated carbocycles. The first-order valence-electron chi connectivity index (χ1n) is 23.8. The van der Waals surface area contributed by atoms with Gasteiger partial charge in [0.1, 0.15) is 11.2 Å². The van der Waals surface area contributed by atoms with Crippen LogP contribution in [-0.4, -0.2) is 0 Å². The largest absolute Gasteiger partial charge is 0.455 e. The van der Waals surface area contributed by atoms with E-state index in [4.69, 9.17) is 4.42 Å². The molecule has 0 unspecified atom stereocenters. The summed E-state index contributed by atoms with van der Waals surface area (Å²) in [6.07, 6.45) is 0. The van der Waals surface area contributed by atoms with Crippen LogP contribution in [0.3, 0.4) is 0 Å². The van der Waals surface area contributed by atoms with E-state index in [1.54, 1.807) is 0 Å². The van der Waals surface area contributed by atoms with Crippen molar-refractivity contribution in [2.75, 3.05) is 4.90 Å². The third-order valence-corrected chi connectivity index (χ3v) is 14.7. The lowest BCUT2D eigenvalue weighted by atomic mass is 9.70. The summed E-state index contributed by atoms with van der Waals surface area (Å²) < 4.78 is 6.85. The fourth-order valence-electron chi connectivity index (χ4n) is 12.0. The Hall–Kier alpha value is -8.98. The van der Waals surface area contributed by atoms with Gasteiger partial charge in [-0.3, -0.25) is 0 Å². The van der Waals surface area contributed by atoms with Crippen molar-refractivity contribution < 1.29 is 4.42 Å². The Kier molecular flexibility index (Phi) is 8.84. The molecule has 1 heterocycles. The van der Waals surface area contributed by atoms with Crippen LogP contribution < -0.4 is 4.90 Å². The van der Waals surface area contributed by atoms with E-state index in [9.17, 15) is 0 Å². The molecule has 0 radical (unpaired) electrons. The summed E-state index contributed by atoms with van der Waals surface area (Å²) in [5.74, 6) is 0. The van der Waals surface area contributed by atoms with Crippen LogP contribution in [0.1, 0.15) is 22.3 Å². The van der Waals surface area contributed by atoms with E-state index >= 15 is 0 Å². The summed E-state index contributed by atoms with van der Waals surface area (Å²) in [6, 6.07) is 95.7. The van der Waals surface area contributed by atoms with Crippen LogP contribution in [0.15, 0.2) is 265 Å². The summed E-state index contributed by atoms with van der Waals surface area (Å²) in [5, 5.41) is 2.21. The van der Waals surface area contributed by atoms with Crippen molar-refractivity contribution in [2.45, 2.75) is 5.41 Å². The number of para-hydroxylation sites is 3. The van der Waals surface area contributed by atoms with E-state index in [1.807, 2.05) is 0 Å². The minimum atomic E-state index is -0.519. The van der Waals surface area contributed by atoms with E-state index in [0.29, 0.717) is 0 Å². The number of hydrogen-bond donors (Lipinski definition) is 0. The SMILES string of the molecule is c1ccc(-c2ccccc2-c2c(-c3ccccc3)cccc2N(c2ccccc2-c2cccc3c2oc2ccccc23)c2cccc3c2-c2ccccc2C32c3ccccc3-c3ccccc32)cc1. The molecule has 12 aromatic rings. The Morgan fingerprint density at radius 2 is 0.696 bits per heavy atom. The fraction of sp³-hybridized carbons (Fsp3) is 0.0149. The predicted octanol–water partition coefficient (Wildman–Crippen LogP) is 18.1. The first kappa shape index (κ1) is 39.2. The van der Waals surface area contributed by atoms with Gasteiger partial charge in [-0.25, -0.2) is 0 Å². The van der Waals surface area contributed by atoms with E-state index in [2.05, 4.69) is 266 Å². The maximum atomic E-state index is 6.85. The molecule has 0 saturated heterocycles. The van der Waals surface area contributed by atoms with E-state index in [0.717, 1.165) is 72.4 Å². The second-order valence-corrected chi connectivity index (χ2v) is 18.2. The maximum absolute atomic E-state index is 6.85. The van der Waals surface area contributed by atoms with Crippen molar-refractivity contribution in [3.8, 4) is 66.8 Å². The molecule has 2 aliphatic carbocycles. The van der Waals surface area contributed by atoms with Crippen molar-refractivity contribution in [3.63, 3.8) is 0 Å². The molecule has 1 spiro atoms. The van der Waals surface area contributed by atoms with Crippen molar-refractivity contribution in [1.29, 1.82) is 0 Å². The molecule has 0 amide bonds. The smallest absolute Gasteiger partial charge is 0.143 e. The highest BCUT2D eigenvalue weighted by Crippen LogP contribution is 2.65. The third-order valence-electron chi connectivity index (χ3n) is 14.7.